The van der Waals surface area contributed by atoms with Gasteiger partial charge in [-0.05, 0) is 30.7 Å². The van der Waals surface area contributed by atoms with E-state index in [1.165, 1.54) is 0 Å². The molecule has 144 valence electrons. The van der Waals surface area contributed by atoms with Crippen LogP contribution in [0.3, 0.4) is 0 Å². The van der Waals surface area contributed by atoms with Gasteiger partial charge in [-0.25, -0.2) is 8.42 Å². The summed E-state index contributed by atoms with van der Waals surface area (Å²) in [6.45, 7) is 6.38. The zero-order chi connectivity index (χ0) is 19.4. The molecule has 0 saturated carbocycles. The highest BCUT2D eigenvalue weighted by Crippen LogP contribution is 2.22. The Morgan fingerprint density at radius 3 is 2.33 bits per heavy atom. The molecule has 1 saturated heterocycles. The summed E-state index contributed by atoms with van der Waals surface area (Å²) >= 11 is 0. The molecule has 0 unspecified atom stereocenters. The second-order valence-electron chi connectivity index (χ2n) is 6.89. The topological polar surface area (TPSA) is 69.7 Å². The standard InChI is InChI=1S/C20H25N3O3S/c1-16-6-8-18(9-7-16)15-27(25,26)21-19-4-3-5-20(14-19)23-12-10-22(11-13-23)17(2)24/h3-9,14,21H,10-13,15H2,1-2H3. The van der Waals surface area contributed by atoms with E-state index in [0.717, 1.165) is 29.9 Å². The molecular formula is C20H25N3O3S. The van der Waals surface area contributed by atoms with Crippen LogP contribution in [0.15, 0.2) is 48.5 Å². The summed E-state index contributed by atoms with van der Waals surface area (Å²) in [7, 11) is -3.49. The van der Waals surface area contributed by atoms with Gasteiger partial charge in [0.15, 0.2) is 0 Å². The Kier molecular flexibility index (Phi) is 5.70. The van der Waals surface area contributed by atoms with Gasteiger partial charge in [-0.1, -0.05) is 35.9 Å². The molecule has 6 nitrogen and oxygen atoms in total. The number of amides is 1. The fraction of sp³-hybridized carbons (Fsp3) is 0.350. The predicted octanol–water partition coefficient (Wildman–Crippen LogP) is 2.61. The van der Waals surface area contributed by atoms with E-state index >= 15 is 0 Å². The Hall–Kier alpha value is -2.54. The summed E-state index contributed by atoms with van der Waals surface area (Å²) in [6.07, 6.45) is 0. The Labute approximate surface area is 160 Å². The quantitative estimate of drug-likeness (QED) is 0.856. The van der Waals surface area contributed by atoms with Gasteiger partial charge < -0.3 is 9.80 Å². The molecule has 2 aromatic carbocycles. The number of carbonyl (C=O) groups is 1. The van der Waals surface area contributed by atoms with Gasteiger partial charge in [-0.3, -0.25) is 9.52 Å². The highest BCUT2D eigenvalue weighted by Gasteiger charge is 2.19. The van der Waals surface area contributed by atoms with Crippen molar-refractivity contribution in [3.8, 4) is 0 Å². The number of aryl methyl sites for hydroxylation is 1. The molecule has 0 atom stereocenters. The van der Waals surface area contributed by atoms with Crippen LogP contribution in [0.1, 0.15) is 18.1 Å². The number of piperazine rings is 1. The van der Waals surface area contributed by atoms with Gasteiger partial charge in [0.25, 0.3) is 0 Å². The summed E-state index contributed by atoms with van der Waals surface area (Å²) in [6, 6.07) is 14.9. The fourth-order valence-corrected chi connectivity index (χ4v) is 4.35. The van der Waals surface area contributed by atoms with E-state index in [0.29, 0.717) is 18.8 Å². The van der Waals surface area contributed by atoms with Gasteiger partial charge in [0.05, 0.1) is 11.4 Å². The minimum absolute atomic E-state index is 0.0607. The summed E-state index contributed by atoms with van der Waals surface area (Å²) < 4.78 is 27.7. The second-order valence-corrected chi connectivity index (χ2v) is 8.61. The maximum absolute atomic E-state index is 12.5. The van der Waals surface area contributed by atoms with Crippen LogP contribution in [0.25, 0.3) is 0 Å². The molecule has 1 amide bonds. The molecular weight excluding hydrogens is 362 g/mol. The number of hydrogen-bond donors (Lipinski definition) is 1. The van der Waals surface area contributed by atoms with Crippen molar-refractivity contribution in [3.63, 3.8) is 0 Å². The molecule has 0 bridgehead atoms. The third-order valence-corrected chi connectivity index (χ3v) is 5.95. The Morgan fingerprint density at radius 1 is 1.04 bits per heavy atom. The first-order valence-electron chi connectivity index (χ1n) is 8.99. The van der Waals surface area contributed by atoms with E-state index in [1.54, 1.807) is 13.0 Å². The molecule has 3 rings (SSSR count). The number of carbonyl (C=O) groups excluding carboxylic acids is 1. The van der Waals surface area contributed by atoms with Crippen molar-refractivity contribution in [2.75, 3.05) is 35.8 Å². The number of sulfonamides is 1. The number of hydrogen-bond acceptors (Lipinski definition) is 4. The van der Waals surface area contributed by atoms with Crippen LogP contribution >= 0.6 is 0 Å². The summed E-state index contributed by atoms with van der Waals surface area (Å²) in [5, 5.41) is 0. The zero-order valence-electron chi connectivity index (χ0n) is 15.7. The number of nitrogens with zero attached hydrogens (tertiary/aromatic N) is 2. The molecule has 0 aliphatic carbocycles. The first-order valence-corrected chi connectivity index (χ1v) is 10.6. The molecule has 2 aromatic rings. The smallest absolute Gasteiger partial charge is 0.236 e. The van der Waals surface area contributed by atoms with Gasteiger partial charge in [0.2, 0.25) is 15.9 Å². The van der Waals surface area contributed by atoms with Crippen LogP contribution in [-0.4, -0.2) is 45.4 Å². The van der Waals surface area contributed by atoms with Crippen LogP contribution in [0, 0.1) is 6.92 Å². The molecule has 7 heteroatoms. The van der Waals surface area contributed by atoms with E-state index in [1.807, 2.05) is 54.3 Å². The van der Waals surface area contributed by atoms with Crippen molar-refractivity contribution in [1.82, 2.24) is 4.90 Å². The van der Waals surface area contributed by atoms with Crippen molar-refractivity contribution in [3.05, 3.63) is 59.7 Å². The molecule has 1 N–H and O–H groups in total. The van der Waals surface area contributed by atoms with Crippen molar-refractivity contribution < 1.29 is 13.2 Å². The van der Waals surface area contributed by atoms with Gasteiger partial charge >= 0.3 is 0 Å². The van der Waals surface area contributed by atoms with E-state index in [2.05, 4.69) is 9.62 Å². The van der Waals surface area contributed by atoms with Crippen LogP contribution in [0.4, 0.5) is 11.4 Å². The maximum atomic E-state index is 12.5. The van der Waals surface area contributed by atoms with E-state index in [4.69, 9.17) is 0 Å². The third kappa shape index (κ3) is 5.23. The van der Waals surface area contributed by atoms with Crippen molar-refractivity contribution in [2.24, 2.45) is 0 Å². The number of nitrogens with one attached hydrogen (secondary N) is 1. The van der Waals surface area contributed by atoms with Crippen molar-refractivity contribution >= 4 is 27.3 Å². The monoisotopic (exact) mass is 387 g/mol. The highest BCUT2D eigenvalue weighted by molar-refractivity contribution is 7.91. The van der Waals surface area contributed by atoms with Crippen LogP contribution in [0.5, 0.6) is 0 Å². The molecule has 1 aliphatic heterocycles. The molecule has 0 radical (unpaired) electrons. The number of rotatable bonds is 5. The molecule has 1 heterocycles. The predicted molar refractivity (Wildman–Crippen MR) is 108 cm³/mol. The van der Waals surface area contributed by atoms with Crippen LogP contribution in [-0.2, 0) is 20.6 Å². The first-order chi connectivity index (χ1) is 12.8. The normalized spacial score (nSPS) is 14.9. The highest BCUT2D eigenvalue weighted by atomic mass is 32.2. The average Bonchev–Trinajstić information content (AvgIpc) is 2.63. The molecule has 1 aliphatic rings. The largest absolute Gasteiger partial charge is 0.368 e. The molecule has 27 heavy (non-hydrogen) atoms. The summed E-state index contributed by atoms with van der Waals surface area (Å²) in [5.41, 5.74) is 3.36. The minimum atomic E-state index is -3.49. The maximum Gasteiger partial charge on any atom is 0.236 e. The van der Waals surface area contributed by atoms with Crippen molar-refractivity contribution in [2.45, 2.75) is 19.6 Å². The second kappa shape index (κ2) is 8.00. The van der Waals surface area contributed by atoms with Gasteiger partial charge in [-0.2, -0.15) is 0 Å². The van der Waals surface area contributed by atoms with Crippen molar-refractivity contribution in [1.29, 1.82) is 0 Å². The van der Waals surface area contributed by atoms with E-state index in [9.17, 15) is 13.2 Å². The lowest BCUT2D eigenvalue weighted by Gasteiger charge is -2.35. The fourth-order valence-electron chi connectivity index (χ4n) is 3.17. The SMILES string of the molecule is CC(=O)N1CCN(c2cccc(NS(=O)(=O)Cc3ccc(C)cc3)c2)CC1. The van der Waals surface area contributed by atoms with Gasteiger partial charge in [0.1, 0.15) is 0 Å². The van der Waals surface area contributed by atoms with E-state index < -0.39 is 10.0 Å². The summed E-state index contributed by atoms with van der Waals surface area (Å²) in [5.74, 6) is 0.0293. The zero-order valence-corrected chi connectivity index (χ0v) is 16.5. The Balaban J connectivity index is 1.66. The first kappa shape index (κ1) is 19.2. The Morgan fingerprint density at radius 2 is 1.70 bits per heavy atom. The van der Waals surface area contributed by atoms with Gasteiger partial charge in [0, 0.05) is 38.8 Å². The lowest BCUT2D eigenvalue weighted by molar-refractivity contribution is -0.129. The Bertz CT molecular complexity index is 902. The van der Waals surface area contributed by atoms with E-state index in [-0.39, 0.29) is 11.7 Å². The summed E-state index contributed by atoms with van der Waals surface area (Å²) in [4.78, 5) is 15.4. The molecule has 0 spiro atoms. The van der Waals surface area contributed by atoms with Crippen LogP contribution in [0.2, 0.25) is 0 Å². The minimum Gasteiger partial charge on any atom is -0.368 e. The van der Waals surface area contributed by atoms with Gasteiger partial charge in [-0.15, -0.1) is 0 Å². The molecule has 0 aromatic heterocycles. The third-order valence-electron chi connectivity index (χ3n) is 4.69. The lowest BCUT2D eigenvalue weighted by atomic mass is 10.2. The number of benzene rings is 2. The average molecular weight is 388 g/mol. The number of anilines is 2. The lowest BCUT2D eigenvalue weighted by Crippen LogP contribution is -2.48. The van der Waals surface area contributed by atoms with Crippen LogP contribution < -0.4 is 9.62 Å². The molecule has 1 fully saturated rings.